The zero-order valence-corrected chi connectivity index (χ0v) is 15.3. The number of ether oxygens (including phenoxy) is 1. The van der Waals surface area contributed by atoms with Gasteiger partial charge < -0.3 is 15.0 Å². The number of carbonyl (C=O) groups excluding carboxylic acids is 3. The number of piperidine rings is 1. The minimum Gasteiger partial charge on any atom is -0.452 e. The second-order valence-corrected chi connectivity index (χ2v) is 6.69. The second kappa shape index (κ2) is 8.14. The molecular weight excluding hydrogens is 320 g/mol. The molecule has 25 heavy (non-hydrogen) atoms. The highest BCUT2D eigenvalue weighted by Gasteiger charge is 2.30. The first-order valence-corrected chi connectivity index (χ1v) is 8.62. The molecule has 0 aromatic heterocycles. The van der Waals surface area contributed by atoms with Gasteiger partial charge in [0.1, 0.15) is 0 Å². The van der Waals surface area contributed by atoms with Crippen LogP contribution in [0.5, 0.6) is 0 Å². The summed E-state index contributed by atoms with van der Waals surface area (Å²) in [7, 11) is 0. The normalized spacial score (nSPS) is 18.4. The van der Waals surface area contributed by atoms with Crippen molar-refractivity contribution in [3.63, 3.8) is 0 Å². The third-order valence-corrected chi connectivity index (χ3v) is 4.50. The first-order valence-electron chi connectivity index (χ1n) is 8.62. The van der Waals surface area contributed by atoms with Gasteiger partial charge in [0.2, 0.25) is 5.91 Å². The van der Waals surface area contributed by atoms with Gasteiger partial charge in [0.25, 0.3) is 5.91 Å². The summed E-state index contributed by atoms with van der Waals surface area (Å²) in [5.41, 5.74) is 2.78. The van der Waals surface area contributed by atoms with E-state index < -0.39 is 12.1 Å². The molecule has 0 saturated carbocycles. The van der Waals surface area contributed by atoms with Crippen molar-refractivity contribution in [2.24, 2.45) is 5.92 Å². The molecule has 2 atom stereocenters. The van der Waals surface area contributed by atoms with Crippen molar-refractivity contribution in [1.29, 1.82) is 0 Å². The van der Waals surface area contributed by atoms with Crippen LogP contribution in [0.15, 0.2) is 18.2 Å². The molecule has 1 aromatic rings. The van der Waals surface area contributed by atoms with Crippen molar-refractivity contribution in [3.05, 3.63) is 29.3 Å². The van der Waals surface area contributed by atoms with E-state index in [1.165, 1.54) is 6.92 Å². The number of aryl methyl sites for hydroxylation is 2. The first-order chi connectivity index (χ1) is 11.8. The maximum Gasteiger partial charge on any atom is 0.311 e. The number of rotatable bonds is 4. The van der Waals surface area contributed by atoms with Gasteiger partial charge in [0, 0.05) is 25.7 Å². The summed E-state index contributed by atoms with van der Waals surface area (Å²) >= 11 is 0. The van der Waals surface area contributed by atoms with Crippen LogP contribution in [-0.4, -0.2) is 41.9 Å². The van der Waals surface area contributed by atoms with Crippen molar-refractivity contribution in [3.8, 4) is 0 Å². The Bertz CT molecular complexity index is 671. The maximum atomic E-state index is 12.3. The average molecular weight is 346 g/mol. The molecule has 1 aliphatic heterocycles. The summed E-state index contributed by atoms with van der Waals surface area (Å²) in [4.78, 5) is 37.7. The molecule has 1 saturated heterocycles. The monoisotopic (exact) mass is 346 g/mol. The molecule has 6 heteroatoms. The summed E-state index contributed by atoms with van der Waals surface area (Å²) in [5, 5.41) is 2.79. The number of likely N-dealkylation sites (tertiary alicyclic amines) is 1. The van der Waals surface area contributed by atoms with Crippen molar-refractivity contribution in [2.75, 3.05) is 18.4 Å². The van der Waals surface area contributed by atoms with Gasteiger partial charge in [0.15, 0.2) is 6.10 Å². The Balaban J connectivity index is 1.91. The highest BCUT2D eigenvalue weighted by atomic mass is 16.5. The summed E-state index contributed by atoms with van der Waals surface area (Å²) < 4.78 is 5.33. The molecular formula is C19H26N2O4. The molecule has 1 fully saturated rings. The summed E-state index contributed by atoms with van der Waals surface area (Å²) in [6.07, 6.45) is 0.553. The lowest BCUT2D eigenvalue weighted by atomic mass is 9.98. The lowest BCUT2D eigenvalue weighted by Crippen LogP contribution is -2.43. The highest BCUT2D eigenvalue weighted by Crippen LogP contribution is 2.20. The zero-order valence-electron chi connectivity index (χ0n) is 15.3. The van der Waals surface area contributed by atoms with Gasteiger partial charge in [-0.05, 0) is 45.2 Å². The Hall–Kier alpha value is -2.37. The number of amides is 2. The van der Waals surface area contributed by atoms with E-state index in [9.17, 15) is 14.4 Å². The van der Waals surface area contributed by atoms with Crippen LogP contribution in [0.4, 0.5) is 5.69 Å². The Kier molecular flexibility index (Phi) is 6.17. The summed E-state index contributed by atoms with van der Waals surface area (Å²) in [6, 6.07) is 5.73. The van der Waals surface area contributed by atoms with Gasteiger partial charge in [-0.1, -0.05) is 17.7 Å². The maximum absolute atomic E-state index is 12.3. The lowest BCUT2D eigenvalue weighted by Gasteiger charge is -2.31. The minimum absolute atomic E-state index is 0.0434. The van der Waals surface area contributed by atoms with Crippen molar-refractivity contribution >= 4 is 23.5 Å². The minimum atomic E-state index is -0.888. The number of carbonyl (C=O) groups is 3. The molecule has 2 rings (SSSR count). The standard InChI is InChI=1S/C19H26N2O4/c1-12-7-8-17(13(2)10-12)20-18(23)14(3)25-19(24)16-6-5-9-21(11-16)15(4)22/h7-8,10,14,16H,5-6,9,11H2,1-4H3,(H,20,23)/t14-,16+/m1/s1. The van der Waals surface area contributed by atoms with Gasteiger partial charge in [-0.15, -0.1) is 0 Å². The van der Waals surface area contributed by atoms with Crippen LogP contribution in [-0.2, 0) is 19.1 Å². The van der Waals surface area contributed by atoms with E-state index in [1.807, 2.05) is 32.0 Å². The van der Waals surface area contributed by atoms with E-state index in [0.717, 1.165) is 17.5 Å². The van der Waals surface area contributed by atoms with E-state index >= 15 is 0 Å². The fraction of sp³-hybridized carbons (Fsp3) is 0.526. The SMILES string of the molecule is CC(=O)N1CCC[C@H](C(=O)O[C@H](C)C(=O)Nc2ccc(C)cc2C)C1. The number of nitrogens with one attached hydrogen (secondary N) is 1. The average Bonchev–Trinajstić information content (AvgIpc) is 2.57. The van der Waals surface area contributed by atoms with Crippen LogP contribution in [0.25, 0.3) is 0 Å². The molecule has 0 unspecified atom stereocenters. The fourth-order valence-electron chi connectivity index (χ4n) is 2.97. The molecule has 0 radical (unpaired) electrons. The Morgan fingerprint density at radius 1 is 1.28 bits per heavy atom. The molecule has 2 amide bonds. The topological polar surface area (TPSA) is 75.7 Å². The quantitative estimate of drug-likeness (QED) is 0.850. The number of nitrogens with zero attached hydrogens (tertiary/aromatic N) is 1. The Morgan fingerprint density at radius 3 is 2.64 bits per heavy atom. The lowest BCUT2D eigenvalue weighted by molar-refractivity contribution is -0.159. The van der Waals surface area contributed by atoms with E-state index in [0.29, 0.717) is 25.2 Å². The number of hydrogen-bond donors (Lipinski definition) is 1. The van der Waals surface area contributed by atoms with E-state index in [1.54, 1.807) is 11.8 Å². The van der Waals surface area contributed by atoms with E-state index in [4.69, 9.17) is 4.74 Å². The van der Waals surface area contributed by atoms with E-state index in [2.05, 4.69) is 5.32 Å². The third-order valence-electron chi connectivity index (χ3n) is 4.50. The van der Waals surface area contributed by atoms with Gasteiger partial charge in [-0.25, -0.2) is 0 Å². The highest BCUT2D eigenvalue weighted by molar-refractivity contribution is 5.95. The predicted octanol–water partition coefficient (Wildman–Crippen LogP) is 2.43. The molecule has 0 spiro atoms. The van der Waals surface area contributed by atoms with Crippen molar-refractivity contribution in [1.82, 2.24) is 4.90 Å². The molecule has 6 nitrogen and oxygen atoms in total. The van der Waals surface area contributed by atoms with Crippen LogP contribution in [0.2, 0.25) is 0 Å². The summed E-state index contributed by atoms with van der Waals surface area (Å²) in [6.45, 7) is 7.98. The number of esters is 1. The molecule has 1 N–H and O–H groups in total. The van der Waals surface area contributed by atoms with Crippen LogP contribution in [0.1, 0.15) is 37.8 Å². The van der Waals surface area contributed by atoms with Crippen LogP contribution in [0.3, 0.4) is 0 Å². The van der Waals surface area contributed by atoms with Crippen molar-refractivity contribution in [2.45, 2.75) is 46.6 Å². The zero-order chi connectivity index (χ0) is 18.6. The Morgan fingerprint density at radius 2 is 2.00 bits per heavy atom. The van der Waals surface area contributed by atoms with Crippen LogP contribution < -0.4 is 5.32 Å². The molecule has 0 aliphatic carbocycles. The Labute approximate surface area is 148 Å². The summed E-state index contributed by atoms with van der Waals surface area (Å²) in [5.74, 6) is -1.19. The smallest absolute Gasteiger partial charge is 0.311 e. The van der Waals surface area contributed by atoms with Gasteiger partial charge >= 0.3 is 5.97 Å². The molecule has 1 heterocycles. The van der Waals surface area contributed by atoms with Gasteiger partial charge in [-0.3, -0.25) is 14.4 Å². The van der Waals surface area contributed by atoms with E-state index in [-0.39, 0.29) is 17.7 Å². The van der Waals surface area contributed by atoms with Gasteiger partial charge in [-0.2, -0.15) is 0 Å². The largest absolute Gasteiger partial charge is 0.452 e. The van der Waals surface area contributed by atoms with Gasteiger partial charge in [0.05, 0.1) is 5.92 Å². The third kappa shape index (κ3) is 5.05. The molecule has 1 aromatic carbocycles. The van der Waals surface area contributed by atoms with Crippen LogP contribution >= 0.6 is 0 Å². The fourth-order valence-corrected chi connectivity index (χ4v) is 2.97. The number of hydrogen-bond acceptors (Lipinski definition) is 4. The molecule has 136 valence electrons. The molecule has 1 aliphatic rings. The number of benzene rings is 1. The number of anilines is 1. The first kappa shape index (κ1) is 19.0. The predicted molar refractivity (Wildman–Crippen MR) is 95.1 cm³/mol. The van der Waals surface area contributed by atoms with Crippen LogP contribution in [0, 0.1) is 19.8 Å². The molecule has 0 bridgehead atoms. The van der Waals surface area contributed by atoms with Crippen molar-refractivity contribution < 1.29 is 19.1 Å². The second-order valence-electron chi connectivity index (χ2n) is 6.69.